The Morgan fingerprint density at radius 1 is 1.28 bits per heavy atom. The van der Waals surface area contributed by atoms with Gasteiger partial charge in [-0.2, -0.15) is 0 Å². The molecule has 0 bridgehead atoms. The van der Waals surface area contributed by atoms with Crippen LogP contribution in [0.5, 0.6) is 0 Å². The quantitative estimate of drug-likeness (QED) is 0.889. The molecule has 7 heteroatoms. The van der Waals surface area contributed by atoms with Gasteiger partial charge in [0.15, 0.2) is 0 Å². The van der Waals surface area contributed by atoms with E-state index >= 15 is 0 Å². The molecule has 2 aliphatic heterocycles. The Hall–Kier alpha value is -1.86. The summed E-state index contributed by atoms with van der Waals surface area (Å²) in [6, 6.07) is 4.08. The van der Waals surface area contributed by atoms with Crippen LogP contribution in [0.1, 0.15) is 18.9 Å². The van der Waals surface area contributed by atoms with Crippen molar-refractivity contribution in [2.75, 3.05) is 57.8 Å². The SMILES string of the molecule is CC1CN(C(=O)NCc2ccc(N3CCCN(C)CC3)nc2)CCO1. The maximum Gasteiger partial charge on any atom is 0.317 e. The summed E-state index contributed by atoms with van der Waals surface area (Å²) < 4.78 is 5.47. The number of pyridine rings is 1. The fourth-order valence-corrected chi connectivity index (χ4v) is 3.28. The third kappa shape index (κ3) is 5.06. The van der Waals surface area contributed by atoms with E-state index < -0.39 is 0 Å². The molecule has 3 heterocycles. The van der Waals surface area contributed by atoms with Gasteiger partial charge in [0, 0.05) is 45.5 Å². The molecule has 138 valence electrons. The van der Waals surface area contributed by atoms with Crippen molar-refractivity contribution in [1.82, 2.24) is 20.1 Å². The molecule has 25 heavy (non-hydrogen) atoms. The first kappa shape index (κ1) is 17.9. The summed E-state index contributed by atoms with van der Waals surface area (Å²) in [7, 11) is 2.16. The second-order valence-electron chi connectivity index (χ2n) is 6.95. The minimum Gasteiger partial charge on any atom is -0.375 e. The Bertz CT molecular complexity index is 565. The van der Waals surface area contributed by atoms with Crippen LogP contribution in [0.4, 0.5) is 10.6 Å². The molecule has 1 atom stereocenters. The highest BCUT2D eigenvalue weighted by atomic mass is 16.5. The first-order valence-electron chi connectivity index (χ1n) is 9.14. The molecule has 3 rings (SSSR count). The van der Waals surface area contributed by atoms with E-state index in [0.717, 1.165) is 44.0 Å². The number of aromatic nitrogens is 1. The predicted octanol–water partition coefficient (Wildman–Crippen LogP) is 1.15. The van der Waals surface area contributed by atoms with Crippen molar-refractivity contribution < 1.29 is 9.53 Å². The Morgan fingerprint density at radius 2 is 2.16 bits per heavy atom. The van der Waals surface area contributed by atoms with Crippen molar-refractivity contribution in [3.05, 3.63) is 23.9 Å². The largest absolute Gasteiger partial charge is 0.375 e. The molecule has 1 N–H and O–H groups in total. The first-order chi connectivity index (χ1) is 12.1. The monoisotopic (exact) mass is 347 g/mol. The standard InChI is InChI=1S/C18H29N5O2/c1-15-14-23(10-11-25-15)18(24)20-13-16-4-5-17(19-12-16)22-7-3-6-21(2)8-9-22/h4-5,12,15H,3,6-11,13-14H2,1-2H3,(H,20,24). The maximum atomic E-state index is 12.2. The lowest BCUT2D eigenvalue weighted by Crippen LogP contribution is -2.48. The van der Waals surface area contributed by atoms with Gasteiger partial charge in [0.05, 0.1) is 12.7 Å². The van der Waals surface area contributed by atoms with E-state index in [0.29, 0.717) is 26.2 Å². The molecule has 1 aromatic heterocycles. The van der Waals surface area contributed by atoms with Gasteiger partial charge in [-0.15, -0.1) is 0 Å². The molecular formula is C18H29N5O2. The number of amides is 2. The topological polar surface area (TPSA) is 60.9 Å². The number of carbonyl (C=O) groups is 1. The Balaban J connectivity index is 1.49. The van der Waals surface area contributed by atoms with Crippen LogP contribution in [0.2, 0.25) is 0 Å². The van der Waals surface area contributed by atoms with Crippen LogP contribution in [0.3, 0.4) is 0 Å². The molecule has 1 unspecified atom stereocenters. The average Bonchev–Trinajstić information content (AvgIpc) is 2.85. The molecule has 2 amide bonds. The van der Waals surface area contributed by atoms with Crippen molar-refractivity contribution in [1.29, 1.82) is 0 Å². The lowest BCUT2D eigenvalue weighted by Gasteiger charge is -2.31. The summed E-state index contributed by atoms with van der Waals surface area (Å²) in [5.74, 6) is 1.02. The smallest absolute Gasteiger partial charge is 0.317 e. The van der Waals surface area contributed by atoms with Gasteiger partial charge >= 0.3 is 6.03 Å². The Kier molecular flexibility index (Phi) is 6.09. The van der Waals surface area contributed by atoms with E-state index in [1.165, 1.54) is 0 Å². The predicted molar refractivity (Wildman–Crippen MR) is 97.8 cm³/mol. The number of nitrogens with zero attached hydrogens (tertiary/aromatic N) is 4. The van der Waals surface area contributed by atoms with Gasteiger partial charge in [0.2, 0.25) is 0 Å². The fraction of sp³-hybridized carbons (Fsp3) is 0.667. The van der Waals surface area contributed by atoms with Crippen LogP contribution in [0, 0.1) is 0 Å². The molecule has 2 aliphatic rings. The first-order valence-corrected chi connectivity index (χ1v) is 9.14. The van der Waals surface area contributed by atoms with Crippen LogP contribution in [-0.2, 0) is 11.3 Å². The van der Waals surface area contributed by atoms with Gasteiger partial charge in [0.1, 0.15) is 5.82 Å². The number of likely N-dealkylation sites (N-methyl/N-ethyl adjacent to an activating group) is 1. The van der Waals surface area contributed by atoms with E-state index in [-0.39, 0.29) is 12.1 Å². The molecule has 2 saturated heterocycles. The summed E-state index contributed by atoms with van der Waals surface area (Å²) in [5, 5.41) is 2.98. The molecule has 2 fully saturated rings. The van der Waals surface area contributed by atoms with Crippen LogP contribution in [0.15, 0.2) is 18.3 Å². The van der Waals surface area contributed by atoms with Gasteiger partial charge in [-0.25, -0.2) is 9.78 Å². The minimum absolute atomic E-state index is 0.0326. The number of ether oxygens (including phenoxy) is 1. The summed E-state index contributed by atoms with van der Waals surface area (Å²) in [5.41, 5.74) is 1.02. The highest BCUT2D eigenvalue weighted by molar-refractivity contribution is 5.74. The average molecular weight is 347 g/mol. The number of nitrogens with one attached hydrogen (secondary N) is 1. The van der Waals surface area contributed by atoms with Crippen LogP contribution in [0.25, 0.3) is 0 Å². The molecule has 0 radical (unpaired) electrons. The van der Waals surface area contributed by atoms with E-state index in [4.69, 9.17) is 4.74 Å². The third-order valence-electron chi connectivity index (χ3n) is 4.82. The molecule has 1 aromatic rings. The second-order valence-corrected chi connectivity index (χ2v) is 6.95. The molecule has 0 spiro atoms. The summed E-state index contributed by atoms with van der Waals surface area (Å²) in [6.07, 6.45) is 3.13. The number of carbonyl (C=O) groups excluding carboxylic acids is 1. The second kappa shape index (κ2) is 8.49. The highest BCUT2D eigenvalue weighted by Gasteiger charge is 2.21. The van der Waals surface area contributed by atoms with E-state index in [9.17, 15) is 4.79 Å². The Labute approximate surface area is 149 Å². The van der Waals surface area contributed by atoms with E-state index in [1.54, 1.807) is 0 Å². The fourth-order valence-electron chi connectivity index (χ4n) is 3.28. The van der Waals surface area contributed by atoms with Crippen molar-refractivity contribution in [3.63, 3.8) is 0 Å². The van der Waals surface area contributed by atoms with Crippen molar-refractivity contribution in [2.24, 2.45) is 0 Å². The zero-order valence-electron chi connectivity index (χ0n) is 15.3. The number of hydrogen-bond donors (Lipinski definition) is 1. The third-order valence-corrected chi connectivity index (χ3v) is 4.82. The lowest BCUT2D eigenvalue weighted by atomic mass is 10.2. The van der Waals surface area contributed by atoms with Crippen LogP contribution in [-0.4, -0.2) is 79.8 Å². The normalized spacial score (nSPS) is 22.6. The molecule has 7 nitrogen and oxygen atoms in total. The van der Waals surface area contributed by atoms with Crippen molar-refractivity contribution in [3.8, 4) is 0 Å². The molecular weight excluding hydrogens is 318 g/mol. The molecule has 0 saturated carbocycles. The number of rotatable bonds is 3. The number of urea groups is 1. The van der Waals surface area contributed by atoms with Crippen LogP contribution < -0.4 is 10.2 Å². The highest BCUT2D eigenvalue weighted by Crippen LogP contribution is 2.14. The zero-order valence-corrected chi connectivity index (χ0v) is 15.3. The van der Waals surface area contributed by atoms with Gasteiger partial charge in [-0.1, -0.05) is 6.07 Å². The van der Waals surface area contributed by atoms with Crippen molar-refractivity contribution >= 4 is 11.8 Å². The van der Waals surface area contributed by atoms with Gasteiger partial charge in [-0.05, 0) is 38.6 Å². The summed E-state index contributed by atoms with van der Waals surface area (Å²) in [4.78, 5) is 23.3. The Morgan fingerprint density at radius 3 is 2.92 bits per heavy atom. The minimum atomic E-state index is -0.0326. The maximum absolute atomic E-state index is 12.2. The number of morpholine rings is 1. The zero-order chi connectivity index (χ0) is 17.6. The van der Waals surface area contributed by atoms with Gasteiger partial charge in [-0.3, -0.25) is 0 Å². The number of hydrogen-bond acceptors (Lipinski definition) is 5. The lowest BCUT2D eigenvalue weighted by molar-refractivity contribution is -0.00351. The van der Waals surface area contributed by atoms with E-state index in [2.05, 4.69) is 39.3 Å². The van der Waals surface area contributed by atoms with Crippen molar-refractivity contribution in [2.45, 2.75) is 26.0 Å². The summed E-state index contributed by atoms with van der Waals surface area (Å²) >= 11 is 0. The van der Waals surface area contributed by atoms with Gasteiger partial charge < -0.3 is 24.8 Å². The number of anilines is 1. The summed E-state index contributed by atoms with van der Waals surface area (Å²) in [6.45, 7) is 8.65. The van der Waals surface area contributed by atoms with E-state index in [1.807, 2.05) is 18.0 Å². The van der Waals surface area contributed by atoms with Gasteiger partial charge in [0.25, 0.3) is 0 Å². The van der Waals surface area contributed by atoms with Crippen LogP contribution >= 0.6 is 0 Å². The molecule has 0 aliphatic carbocycles. The molecule has 0 aromatic carbocycles.